The number of rotatable bonds is 7. The van der Waals surface area contributed by atoms with Gasteiger partial charge in [-0.2, -0.15) is 0 Å². The Bertz CT molecular complexity index is 581. The average molecular weight is 299 g/mol. The Kier molecular flexibility index (Phi) is 5.98. The minimum absolute atomic E-state index is 0.00125. The fourth-order valence-corrected chi connectivity index (χ4v) is 2.13. The van der Waals surface area contributed by atoms with Crippen LogP contribution in [0.1, 0.15) is 6.92 Å². The molecule has 0 aliphatic rings. The molecule has 2 aromatic rings. The highest BCUT2D eigenvalue weighted by molar-refractivity contribution is 5.77. The summed E-state index contributed by atoms with van der Waals surface area (Å²) in [5, 5.41) is 2.80. The van der Waals surface area contributed by atoms with Crippen LogP contribution >= 0.6 is 0 Å². The maximum Gasteiger partial charge on any atom is 0.258 e. The van der Waals surface area contributed by atoms with Crippen molar-refractivity contribution in [3.05, 3.63) is 54.6 Å². The van der Waals surface area contributed by atoms with Crippen LogP contribution in [0.3, 0.4) is 0 Å². The lowest BCUT2D eigenvalue weighted by atomic mass is 10.1. The third-order valence-electron chi connectivity index (χ3n) is 3.16. The minimum atomic E-state index is -0.156. The predicted octanol–water partition coefficient (Wildman–Crippen LogP) is 2.88. The van der Waals surface area contributed by atoms with Crippen molar-refractivity contribution in [2.24, 2.45) is 0 Å². The standard InChI is InChI=1S/C18H21NO3/c1-14(12-21-2)19-18(20)13-22-17-10-8-16(9-11-17)15-6-4-3-5-7-15/h3-11,14H,12-13H2,1-2H3,(H,19,20)/t14-/m0/s1. The van der Waals surface area contributed by atoms with Gasteiger partial charge >= 0.3 is 0 Å². The van der Waals surface area contributed by atoms with Gasteiger partial charge in [0.2, 0.25) is 0 Å². The monoisotopic (exact) mass is 299 g/mol. The highest BCUT2D eigenvalue weighted by atomic mass is 16.5. The fraction of sp³-hybridized carbons (Fsp3) is 0.278. The van der Waals surface area contributed by atoms with E-state index in [2.05, 4.69) is 17.4 Å². The summed E-state index contributed by atoms with van der Waals surface area (Å²) in [6.45, 7) is 2.37. The third kappa shape index (κ3) is 4.90. The molecule has 4 heteroatoms. The largest absolute Gasteiger partial charge is 0.484 e. The van der Waals surface area contributed by atoms with E-state index < -0.39 is 0 Å². The van der Waals surface area contributed by atoms with E-state index >= 15 is 0 Å². The second-order valence-corrected chi connectivity index (χ2v) is 5.10. The van der Waals surface area contributed by atoms with Crippen molar-refractivity contribution < 1.29 is 14.3 Å². The topological polar surface area (TPSA) is 47.6 Å². The van der Waals surface area contributed by atoms with Crippen LogP contribution in [0.15, 0.2) is 54.6 Å². The predicted molar refractivity (Wildman–Crippen MR) is 86.9 cm³/mol. The molecule has 0 aliphatic carbocycles. The second-order valence-electron chi connectivity index (χ2n) is 5.10. The summed E-state index contributed by atoms with van der Waals surface area (Å²) in [6, 6.07) is 17.8. The molecule has 2 aromatic carbocycles. The molecule has 0 fully saturated rings. The molecule has 0 aliphatic heterocycles. The van der Waals surface area contributed by atoms with Gasteiger partial charge in [-0.05, 0) is 30.2 Å². The van der Waals surface area contributed by atoms with Gasteiger partial charge in [0.05, 0.1) is 6.61 Å². The lowest BCUT2D eigenvalue weighted by Crippen LogP contribution is -2.38. The van der Waals surface area contributed by atoms with E-state index in [4.69, 9.17) is 9.47 Å². The van der Waals surface area contributed by atoms with Crippen LogP contribution in [0, 0.1) is 0 Å². The van der Waals surface area contributed by atoms with Crippen LogP contribution in [0.2, 0.25) is 0 Å². The number of carbonyl (C=O) groups is 1. The van der Waals surface area contributed by atoms with Gasteiger partial charge in [-0.15, -0.1) is 0 Å². The Morgan fingerprint density at radius 3 is 2.32 bits per heavy atom. The lowest BCUT2D eigenvalue weighted by molar-refractivity contribution is -0.124. The third-order valence-corrected chi connectivity index (χ3v) is 3.16. The lowest BCUT2D eigenvalue weighted by Gasteiger charge is -2.13. The number of amides is 1. The van der Waals surface area contributed by atoms with Crippen molar-refractivity contribution in [3.8, 4) is 16.9 Å². The first-order valence-corrected chi connectivity index (χ1v) is 7.25. The number of ether oxygens (including phenoxy) is 2. The van der Waals surface area contributed by atoms with Gasteiger partial charge in [0.25, 0.3) is 5.91 Å². The molecule has 1 amide bonds. The van der Waals surface area contributed by atoms with E-state index in [1.807, 2.05) is 49.4 Å². The molecule has 0 spiro atoms. The normalized spacial score (nSPS) is 11.7. The van der Waals surface area contributed by atoms with E-state index in [1.54, 1.807) is 7.11 Å². The van der Waals surface area contributed by atoms with Crippen molar-refractivity contribution in [2.45, 2.75) is 13.0 Å². The van der Waals surface area contributed by atoms with Crippen LogP contribution < -0.4 is 10.1 Å². The summed E-state index contributed by atoms with van der Waals surface area (Å²) in [4.78, 5) is 11.7. The molecule has 116 valence electrons. The summed E-state index contributed by atoms with van der Waals surface area (Å²) < 4.78 is 10.5. The maximum absolute atomic E-state index is 11.7. The Morgan fingerprint density at radius 1 is 1.05 bits per heavy atom. The van der Waals surface area contributed by atoms with Crippen LogP contribution in [0.25, 0.3) is 11.1 Å². The van der Waals surface area contributed by atoms with E-state index in [0.717, 1.165) is 11.1 Å². The summed E-state index contributed by atoms with van der Waals surface area (Å²) in [7, 11) is 1.60. The molecule has 0 radical (unpaired) electrons. The zero-order chi connectivity index (χ0) is 15.8. The first kappa shape index (κ1) is 16.0. The molecule has 0 saturated heterocycles. The summed E-state index contributed by atoms with van der Waals surface area (Å²) in [5.74, 6) is 0.519. The highest BCUT2D eigenvalue weighted by Gasteiger charge is 2.07. The molecule has 0 heterocycles. The van der Waals surface area contributed by atoms with Gasteiger partial charge in [0.1, 0.15) is 5.75 Å². The SMILES string of the molecule is COC[C@H](C)NC(=O)COc1ccc(-c2ccccc2)cc1. The molecular formula is C18H21NO3. The van der Waals surface area contributed by atoms with E-state index in [1.165, 1.54) is 0 Å². The van der Waals surface area contributed by atoms with Gasteiger partial charge < -0.3 is 14.8 Å². The first-order chi connectivity index (χ1) is 10.7. The number of nitrogens with one attached hydrogen (secondary N) is 1. The first-order valence-electron chi connectivity index (χ1n) is 7.25. The van der Waals surface area contributed by atoms with Crippen molar-refractivity contribution in [1.29, 1.82) is 0 Å². The molecule has 22 heavy (non-hydrogen) atoms. The van der Waals surface area contributed by atoms with Crippen LogP contribution in [-0.2, 0) is 9.53 Å². The summed E-state index contributed by atoms with van der Waals surface area (Å²) in [6.07, 6.45) is 0. The minimum Gasteiger partial charge on any atom is -0.484 e. The Hall–Kier alpha value is -2.33. The van der Waals surface area contributed by atoms with Crippen molar-refractivity contribution in [1.82, 2.24) is 5.32 Å². The molecule has 0 saturated carbocycles. The van der Waals surface area contributed by atoms with Gasteiger partial charge in [0, 0.05) is 13.2 Å². The average Bonchev–Trinajstić information content (AvgIpc) is 2.54. The fourth-order valence-electron chi connectivity index (χ4n) is 2.13. The van der Waals surface area contributed by atoms with Gasteiger partial charge in [-0.3, -0.25) is 4.79 Å². The van der Waals surface area contributed by atoms with Gasteiger partial charge in [-0.25, -0.2) is 0 Å². The Labute approximate surface area is 131 Å². The van der Waals surface area contributed by atoms with Crippen molar-refractivity contribution in [3.63, 3.8) is 0 Å². The molecular weight excluding hydrogens is 278 g/mol. The van der Waals surface area contributed by atoms with Crippen molar-refractivity contribution in [2.75, 3.05) is 20.3 Å². The van der Waals surface area contributed by atoms with E-state index in [0.29, 0.717) is 12.4 Å². The number of methoxy groups -OCH3 is 1. The van der Waals surface area contributed by atoms with E-state index in [-0.39, 0.29) is 18.6 Å². The number of hydrogen-bond donors (Lipinski definition) is 1. The van der Waals surface area contributed by atoms with Crippen LogP contribution in [-0.4, -0.2) is 32.3 Å². The van der Waals surface area contributed by atoms with E-state index in [9.17, 15) is 4.79 Å². The molecule has 2 rings (SSSR count). The maximum atomic E-state index is 11.7. The second kappa shape index (κ2) is 8.20. The number of carbonyl (C=O) groups excluding carboxylic acids is 1. The highest BCUT2D eigenvalue weighted by Crippen LogP contribution is 2.21. The zero-order valence-corrected chi connectivity index (χ0v) is 12.9. The Balaban J connectivity index is 1.85. The number of benzene rings is 2. The summed E-state index contributed by atoms with van der Waals surface area (Å²) in [5.41, 5.74) is 2.27. The Morgan fingerprint density at radius 2 is 1.68 bits per heavy atom. The molecule has 1 atom stereocenters. The molecule has 0 aromatic heterocycles. The van der Waals surface area contributed by atoms with Gasteiger partial charge in [0.15, 0.2) is 6.61 Å². The molecule has 0 unspecified atom stereocenters. The zero-order valence-electron chi connectivity index (χ0n) is 12.9. The van der Waals surface area contributed by atoms with Crippen molar-refractivity contribution >= 4 is 5.91 Å². The molecule has 0 bridgehead atoms. The smallest absolute Gasteiger partial charge is 0.258 e. The number of hydrogen-bond acceptors (Lipinski definition) is 3. The summed E-state index contributed by atoms with van der Waals surface area (Å²) >= 11 is 0. The molecule has 1 N–H and O–H groups in total. The van der Waals surface area contributed by atoms with Crippen LogP contribution in [0.5, 0.6) is 5.75 Å². The quantitative estimate of drug-likeness (QED) is 0.855. The molecule has 4 nitrogen and oxygen atoms in total. The van der Waals surface area contributed by atoms with Gasteiger partial charge in [-0.1, -0.05) is 42.5 Å². The van der Waals surface area contributed by atoms with Crippen LogP contribution in [0.4, 0.5) is 0 Å².